The maximum Gasteiger partial charge on any atom is 0.327 e. The molecule has 0 heterocycles. The van der Waals surface area contributed by atoms with Gasteiger partial charge in [0.05, 0.1) is 12.3 Å². The molecule has 0 aliphatic rings. The number of carbonyl (C=O) groups is 2. The fourth-order valence-electron chi connectivity index (χ4n) is 1.12. The number of carboxylic acid groups (broad SMARTS) is 2. The van der Waals surface area contributed by atoms with Crippen LogP contribution in [0.5, 0.6) is 0 Å². The van der Waals surface area contributed by atoms with Crippen molar-refractivity contribution in [1.82, 2.24) is 0 Å². The van der Waals surface area contributed by atoms with Crippen LogP contribution >= 0.6 is 15.2 Å². The average molecular weight is 292 g/mol. The van der Waals surface area contributed by atoms with Crippen molar-refractivity contribution >= 4 is 27.1 Å². The SMILES string of the molecule is O=C(O)C(CP(=O)(O)O)(CP(=O)(O)O)C(=O)O. The minimum atomic E-state index is -5.09. The van der Waals surface area contributed by atoms with Gasteiger partial charge >= 0.3 is 27.1 Å². The van der Waals surface area contributed by atoms with Crippen molar-refractivity contribution in [3.8, 4) is 0 Å². The Bertz CT molecular complexity index is 374. The third-order valence-corrected chi connectivity index (χ3v) is 3.67. The van der Waals surface area contributed by atoms with Gasteiger partial charge in [0.15, 0.2) is 5.41 Å². The standard InChI is InChI=1S/C5H10O10P2/c6-3(7)5(4(8)9,1-16(10,11)12)2-17(13,14)15/h1-2H2,(H,6,7)(H,8,9)(H2,10,11,12)(H2,13,14,15). The lowest BCUT2D eigenvalue weighted by Gasteiger charge is -2.25. The summed E-state index contributed by atoms with van der Waals surface area (Å²) in [4.78, 5) is 55.8. The van der Waals surface area contributed by atoms with Crippen molar-refractivity contribution < 1.29 is 48.5 Å². The van der Waals surface area contributed by atoms with Gasteiger partial charge < -0.3 is 29.8 Å². The van der Waals surface area contributed by atoms with Crippen LogP contribution in [0.4, 0.5) is 0 Å². The van der Waals surface area contributed by atoms with Crippen LogP contribution in [-0.4, -0.2) is 54.0 Å². The van der Waals surface area contributed by atoms with Gasteiger partial charge in [0.1, 0.15) is 0 Å². The molecule has 100 valence electrons. The average Bonchev–Trinajstić information content (AvgIpc) is 1.96. The first-order chi connectivity index (χ1) is 7.30. The molecule has 12 heteroatoms. The Morgan fingerprint density at radius 2 is 1.06 bits per heavy atom. The summed E-state index contributed by atoms with van der Waals surface area (Å²) in [5.74, 6) is -4.45. The second kappa shape index (κ2) is 4.85. The fourth-order valence-corrected chi connectivity index (χ4v) is 3.46. The normalized spacial score (nSPS) is 13.4. The van der Waals surface area contributed by atoms with E-state index in [-0.39, 0.29) is 0 Å². The zero-order chi connectivity index (χ0) is 14.1. The summed E-state index contributed by atoms with van der Waals surface area (Å²) in [6.45, 7) is 0. The number of rotatable bonds is 6. The predicted octanol–water partition coefficient (Wildman–Crippen LogP) is -1.50. The second-order valence-electron chi connectivity index (χ2n) is 3.34. The molecule has 0 bridgehead atoms. The third kappa shape index (κ3) is 4.95. The predicted molar refractivity (Wildman–Crippen MR) is 51.5 cm³/mol. The molecule has 0 saturated heterocycles. The molecule has 0 saturated carbocycles. The van der Waals surface area contributed by atoms with Gasteiger partial charge in [-0.05, 0) is 0 Å². The molecule has 0 amide bonds. The van der Waals surface area contributed by atoms with E-state index in [4.69, 9.17) is 29.8 Å². The van der Waals surface area contributed by atoms with Crippen molar-refractivity contribution in [2.24, 2.45) is 5.41 Å². The van der Waals surface area contributed by atoms with Crippen LogP contribution in [0.15, 0.2) is 0 Å². The molecule has 6 N–H and O–H groups in total. The first kappa shape index (κ1) is 16.2. The van der Waals surface area contributed by atoms with Crippen LogP contribution in [0.3, 0.4) is 0 Å². The number of hydrogen-bond donors (Lipinski definition) is 6. The van der Waals surface area contributed by atoms with Gasteiger partial charge in [-0.25, -0.2) is 0 Å². The summed E-state index contributed by atoms with van der Waals surface area (Å²) in [5.41, 5.74) is -3.22. The van der Waals surface area contributed by atoms with E-state index in [1.165, 1.54) is 0 Å². The molecular weight excluding hydrogens is 282 g/mol. The molecule has 0 atom stereocenters. The van der Waals surface area contributed by atoms with E-state index in [0.717, 1.165) is 0 Å². The Hall–Kier alpha value is -0.760. The molecule has 0 spiro atoms. The van der Waals surface area contributed by atoms with Gasteiger partial charge in [-0.3, -0.25) is 18.7 Å². The van der Waals surface area contributed by atoms with Crippen molar-refractivity contribution in [3.05, 3.63) is 0 Å². The first-order valence-corrected chi connectivity index (χ1v) is 7.46. The van der Waals surface area contributed by atoms with Crippen LogP contribution < -0.4 is 0 Å². The lowest BCUT2D eigenvalue weighted by atomic mass is 9.93. The van der Waals surface area contributed by atoms with Crippen molar-refractivity contribution in [3.63, 3.8) is 0 Å². The Labute approximate surface area is 94.2 Å². The van der Waals surface area contributed by atoms with Crippen LogP contribution in [0, 0.1) is 5.41 Å². The van der Waals surface area contributed by atoms with Crippen LogP contribution in [0.25, 0.3) is 0 Å². The highest BCUT2D eigenvalue weighted by Gasteiger charge is 2.54. The first-order valence-electron chi connectivity index (χ1n) is 3.86. The lowest BCUT2D eigenvalue weighted by molar-refractivity contribution is -0.161. The summed E-state index contributed by atoms with van der Waals surface area (Å²) >= 11 is 0. The van der Waals surface area contributed by atoms with Crippen LogP contribution in [0.1, 0.15) is 0 Å². The highest BCUT2D eigenvalue weighted by atomic mass is 31.2. The van der Waals surface area contributed by atoms with Crippen LogP contribution in [0.2, 0.25) is 0 Å². The molecule has 0 aromatic carbocycles. The Balaban J connectivity index is 5.62. The summed E-state index contributed by atoms with van der Waals surface area (Å²) in [5, 5.41) is 17.3. The maximum atomic E-state index is 10.8. The Morgan fingerprint density at radius 3 is 1.18 bits per heavy atom. The van der Waals surface area contributed by atoms with E-state index in [1.807, 2.05) is 0 Å². The summed E-state index contributed by atoms with van der Waals surface area (Å²) in [6.07, 6.45) is -3.40. The Morgan fingerprint density at radius 1 is 0.824 bits per heavy atom. The van der Waals surface area contributed by atoms with Gasteiger partial charge in [0.2, 0.25) is 0 Å². The molecule has 0 aliphatic carbocycles. The second-order valence-corrected chi connectivity index (χ2v) is 6.63. The summed E-state index contributed by atoms with van der Waals surface area (Å²) in [7, 11) is -10.2. The maximum absolute atomic E-state index is 10.8. The zero-order valence-electron chi connectivity index (χ0n) is 8.12. The van der Waals surface area contributed by atoms with Gasteiger partial charge in [-0.15, -0.1) is 0 Å². The number of aliphatic carboxylic acids is 2. The quantitative estimate of drug-likeness (QED) is 0.248. The smallest absolute Gasteiger partial charge is 0.327 e. The highest BCUT2D eigenvalue weighted by Crippen LogP contribution is 2.49. The number of carboxylic acids is 2. The molecule has 17 heavy (non-hydrogen) atoms. The molecule has 10 nitrogen and oxygen atoms in total. The topological polar surface area (TPSA) is 190 Å². The van der Waals surface area contributed by atoms with Crippen LogP contribution in [-0.2, 0) is 18.7 Å². The number of hydrogen-bond acceptors (Lipinski definition) is 4. The Kier molecular flexibility index (Phi) is 4.63. The molecule has 0 radical (unpaired) electrons. The minimum Gasteiger partial charge on any atom is -0.480 e. The summed E-state index contributed by atoms with van der Waals surface area (Å²) < 4.78 is 21.3. The van der Waals surface area contributed by atoms with Crippen molar-refractivity contribution in [1.29, 1.82) is 0 Å². The molecule has 0 aromatic rings. The van der Waals surface area contributed by atoms with Gasteiger partial charge in [-0.2, -0.15) is 0 Å². The monoisotopic (exact) mass is 292 g/mol. The van der Waals surface area contributed by atoms with Crippen molar-refractivity contribution in [2.75, 3.05) is 12.3 Å². The highest BCUT2D eigenvalue weighted by molar-refractivity contribution is 7.53. The van der Waals surface area contributed by atoms with Gasteiger partial charge in [0.25, 0.3) is 0 Å². The zero-order valence-corrected chi connectivity index (χ0v) is 9.91. The van der Waals surface area contributed by atoms with E-state index in [2.05, 4.69) is 0 Å². The molecule has 0 aromatic heterocycles. The lowest BCUT2D eigenvalue weighted by Crippen LogP contribution is -2.45. The van der Waals surface area contributed by atoms with Crippen molar-refractivity contribution in [2.45, 2.75) is 0 Å². The largest absolute Gasteiger partial charge is 0.480 e. The van der Waals surface area contributed by atoms with E-state index < -0.39 is 44.9 Å². The van der Waals surface area contributed by atoms with Gasteiger partial charge in [-0.1, -0.05) is 0 Å². The van der Waals surface area contributed by atoms with E-state index >= 15 is 0 Å². The third-order valence-electron chi connectivity index (χ3n) is 1.77. The van der Waals surface area contributed by atoms with Gasteiger partial charge in [0, 0.05) is 0 Å². The molecular formula is C5H10O10P2. The summed E-state index contributed by atoms with van der Waals surface area (Å²) in [6, 6.07) is 0. The molecule has 0 aliphatic heterocycles. The van der Waals surface area contributed by atoms with E-state index in [0.29, 0.717) is 0 Å². The molecule has 0 unspecified atom stereocenters. The fraction of sp³-hybridized carbons (Fsp3) is 0.600. The molecule has 0 rings (SSSR count). The minimum absolute atomic E-state index is 1.70. The molecule has 0 fully saturated rings. The van der Waals surface area contributed by atoms with E-state index in [1.54, 1.807) is 0 Å². The van der Waals surface area contributed by atoms with E-state index in [9.17, 15) is 18.7 Å².